The number of nitrogens with zero attached hydrogens (tertiary/aromatic N) is 2. The van der Waals surface area contributed by atoms with Gasteiger partial charge in [-0.25, -0.2) is 9.48 Å². The third-order valence-electron chi connectivity index (χ3n) is 2.56. The van der Waals surface area contributed by atoms with Crippen molar-refractivity contribution in [2.75, 3.05) is 0 Å². The van der Waals surface area contributed by atoms with Crippen molar-refractivity contribution in [1.82, 2.24) is 9.78 Å². The highest BCUT2D eigenvalue weighted by molar-refractivity contribution is 9.10. The number of aromatic carboxylic acids is 1. The summed E-state index contributed by atoms with van der Waals surface area (Å²) in [6.07, 6.45) is 0. The van der Waals surface area contributed by atoms with Gasteiger partial charge in [0, 0.05) is 4.47 Å². The molecule has 1 N–H and O–H groups in total. The Morgan fingerprint density at radius 3 is 2.72 bits per heavy atom. The Hall–Kier alpha value is -1.33. The summed E-state index contributed by atoms with van der Waals surface area (Å²) in [5.74, 6) is -1.06. The molecule has 2 rings (SSSR count). The average molecular weight is 330 g/mol. The molecule has 6 heteroatoms. The number of aryl methyl sites for hydroxylation is 1. The Kier molecular flexibility index (Phi) is 3.73. The maximum absolute atomic E-state index is 11.0. The second-order valence-electron chi connectivity index (χ2n) is 3.81. The monoisotopic (exact) mass is 328 g/mol. The second kappa shape index (κ2) is 5.12. The third-order valence-corrected chi connectivity index (χ3v) is 3.71. The minimum Gasteiger partial charge on any atom is -0.478 e. The van der Waals surface area contributed by atoms with E-state index in [-0.39, 0.29) is 10.7 Å². The first-order chi connectivity index (χ1) is 8.50. The summed E-state index contributed by atoms with van der Waals surface area (Å²) < 4.78 is 2.42. The van der Waals surface area contributed by atoms with Gasteiger partial charge in [-0.1, -0.05) is 45.7 Å². The van der Waals surface area contributed by atoms with Crippen molar-refractivity contribution in [1.29, 1.82) is 0 Å². The van der Waals surface area contributed by atoms with Crippen LogP contribution in [0.25, 0.3) is 0 Å². The second-order valence-corrected chi connectivity index (χ2v) is 5.02. The summed E-state index contributed by atoms with van der Waals surface area (Å²) in [7, 11) is 0. The molecule has 0 spiro atoms. The Labute approximate surface area is 117 Å². The van der Waals surface area contributed by atoms with Gasteiger partial charge in [-0.05, 0) is 18.6 Å². The van der Waals surface area contributed by atoms with E-state index in [1.807, 2.05) is 24.3 Å². The molecule has 0 atom stereocenters. The van der Waals surface area contributed by atoms with Crippen LogP contribution in [0.3, 0.4) is 0 Å². The Morgan fingerprint density at radius 1 is 1.50 bits per heavy atom. The van der Waals surface area contributed by atoms with Crippen molar-refractivity contribution in [2.45, 2.75) is 13.5 Å². The summed E-state index contributed by atoms with van der Waals surface area (Å²) in [6, 6.07) is 7.66. The van der Waals surface area contributed by atoms with Crippen LogP contribution < -0.4 is 0 Å². The van der Waals surface area contributed by atoms with Gasteiger partial charge >= 0.3 is 5.97 Å². The van der Waals surface area contributed by atoms with Gasteiger partial charge in [0.25, 0.3) is 0 Å². The molecule has 0 radical (unpaired) electrons. The van der Waals surface area contributed by atoms with Crippen LogP contribution in [-0.2, 0) is 6.54 Å². The zero-order valence-electron chi connectivity index (χ0n) is 9.52. The number of carboxylic acids is 1. The van der Waals surface area contributed by atoms with E-state index in [2.05, 4.69) is 21.0 Å². The molecule has 1 aromatic carbocycles. The Bertz CT molecular complexity index is 610. The van der Waals surface area contributed by atoms with E-state index in [4.69, 9.17) is 16.7 Å². The molecule has 0 aliphatic carbocycles. The van der Waals surface area contributed by atoms with Crippen molar-refractivity contribution in [3.05, 3.63) is 50.7 Å². The molecule has 0 saturated carbocycles. The lowest BCUT2D eigenvalue weighted by molar-refractivity contribution is 0.0696. The quantitative estimate of drug-likeness (QED) is 0.939. The van der Waals surface area contributed by atoms with Crippen LogP contribution in [0.5, 0.6) is 0 Å². The molecule has 1 aromatic heterocycles. The summed E-state index contributed by atoms with van der Waals surface area (Å²) >= 11 is 9.46. The molecule has 0 saturated heterocycles. The van der Waals surface area contributed by atoms with Crippen molar-refractivity contribution >= 4 is 33.5 Å². The predicted molar refractivity (Wildman–Crippen MR) is 72.2 cm³/mol. The van der Waals surface area contributed by atoms with Crippen LogP contribution in [-0.4, -0.2) is 20.9 Å². The first-order valence-corrected chi connectivity index (χ1v) is 6.37. The fourth-order valence-corrected chi connectivity index (χ4v) is 2.41. The van der Waals surface area contributed by atoms with Crippen molar-refractivity contribution in [3.63, 3.8) is 0 Å². The first kappa shape index (κ1) is 13.1. The molecule has 0 bridgehead atoms. The molecule has 94 valence electrons. The van der Waals surface area contributed by atoms with Crippen LogP contribution in [0.2, 0.25) is 5.15 Å². The highest BCUT2D eigenvalue weighted by Crippen LogP contribution is 2.23. The minimum atomic E-state index is -1.06. The first-order valence-electron chi connectivity index (χ1n) is 5.20. The van der Waals surface area contributed by atoms with Gasteiger partial charge in [0.2, 0.25) is 0 Å². The maximum Gasteiger partial charge on any atom is 0.340 e. The van der Waals surface area contributed by atoms with Gasteiger partial charge in [-0.2, -0.15) is 5.10 Å². The Morgan fingerprint density at radius 2 is 2.17 bits per heavy atom. The number of benzene rings is 1. The third kappa shape index (κ3) is 2.42. The number of hydrogen-bond acceptors (Lipinski definition) is 2. The van der Waals surface area contributed by atoms with E-state index in [0.717, 1.165) is 10.0 Å². The molecular formula is C12H10BrClN2O2. The Balaban J connectivity index is 2.39. The SMILES string of the molecule is Cc1nn(Cc2ccccc2Br)c(Cl)c1C(=O)O. The highest BCUT2D eigenvalue weighted by atomic mass is 79.9. The lowest BCUT2D eigenvalue weighted by Crippen LogP contribution is -2.03. The molecule has 0 aliphatic rings. The fourth-order valence-electron chi connectivity index (χ4n) is 1.69. The van der Waals surface area contributed by atoms with Gasteiger partial charge in [0.15, 0.2) is 0 Å². The maximum atomic E-state index is 11.0. The van der Waals surface area contributed by atoms with E-state index < -0.39 is 5.97 Å². The zero-order valence-corrected chi connectivity index (χ0v) is 11.9. The smallest absolute Gasteiger partial charge is 0.340 e. The predicted octanol–water partition coefficient (Wildman–Crippen LogP) is 3.35. The normalized spacial score (nSPS) is 10.6. The molecule has 1 heterocycles. The summed E-state index contributed by atoms with van der Waals surface area (Å²) in [5, 5.41) is 13.3. The number of aromatic nitrogens is 2. The van der Waals surface area contributed by atoms with E-state index in [1.165, 1.54) is 4.68 Å². The standard InChI is InChI=1S/C12H10BrClN2O2/c1-7-10(12(17)18)11(14)16(15-7)6-8-4-2-3-5-9(8)13/h2-5H,6H2,1H3,(H,17,18). The van der Waals surface area contributed by atoms with Crippen LogP contribution in [0.15, 0.2) is 28.7 Å². The van der Waals surface area contributed by atoms with Crippen LogP contribution in [0, 0.1) is 6.92 Å². The average Bonchev–Trinajstić information content (AvgIpc) is 2.57. The van der Waals surface area contributed by atoms with E-state index in [0.29, 0.717) is 12.2 Å². The number of hydrogen-bond donors (Lipinski definition) is 1. The fraction of sp³-hybridized carbons (Fsp3) is 0.167. The minimum absolute atomic E-state index is 0.0590. The van der Waals surface area contributed by atoms with Gasteiger partial charge in [-0.15, -0.1) is 0 Å². The molecular weight excluding hydrogens is 320 g/mol. The number of rotatable bonds is 3. The number of carbonyl (C=O) groups is 1. The number of carboxylic acid groups (broad SMARTS) is 1. The molecule has 18 heavy (non-hydrogen) atoms. The molecule has 0 amide bonds. The van der Waals surface area contributed by atoms with E-state index >= 15 is 0 Å². The topological polar surface area (TPSA) is 55.1 Å². The molecule has 4 nitrogen and oxygen atoms in total. The van der Waals surface area contributed by atoms with Crippen LogP contribution in [0.4, 0.5) is 0 Å². The van der Waals surface area contributed by atoms with Crippen LogP contribution >= 0.6 is 27.5 Å². The molecule has 0 aliphatic heterocycles. The summed E-state index contributed by atoms with van der Waals surface area (Å²) in [5.41, 5.74) is 1.46. The number of halogens is 2. The summed E-state index contributed by atoms with van der Waals surface area (Å²) in [4.78, 5) is 11.0. The largest absolute Gasteiger partial charge is 0.478 e. The summed E-state index contributed by atoms with van der Waals surface area (Å²) in [6.45, 7) is 2.06. The van der Waals surface area contributed by atoms with Crippen molar-refractivity contribution in [3.8, 4) is 0 Å². The van der Waals surface area contributed by atoms with Gasteiger partial charge in [0.05, 0.1) is 12.2 Å². The molecule has 2 aromatic rings. The van der Waals surface area contributed by atoms with Crippen molar-refractivity contribution in [2.24, 2.45) is 0 Å². The van der Waals surface area contributed by atoms with Gasteiger partial charge in [0.1, 0.15) is 10.7 Å². The highest BCUT2D eigenvalue weighted by Gasteiger charge is 2.19. The lowest BCUT2D eigenvalue weighted by atomic mass is 10.2. The molecule has 0 fully saturated rings. The van der Waals surface area contributed by atoms with Crippen LogP contribution in [0.1, 0.15) is 21.6 Å². The molecule has 0 unspecified atom stereocenters. The van der Waals surface area contributed by atoms with E-state index in [9.17, 15) is 4.79 Å². The zero-order chi connectivity index (χ0) is 13.3. The van der Waals surface area contributed by atoms with Crippen molar-refractivity contribution < 1.29 is 9.90 Å². The van der Waals surface area contributed by atoms with Gasteiger partial charge < -0.3 is 5.11 Å². The van der Waals surface area contributed by atoms with Gasteiger partial charge in [-0.3, -0.25) is 0 Å². The lowest BCUT2D eigenvalue weighted by Gasteiger charge is -2.05. The van der Waals surface area contributed by atoms with E-state index in [1.54, 1.807) is 6.92 Å².